The van der Waals surface area contributed by atoms with E-state index in [0.29, 0.717) is 5.75 Å². The van der Waals surface area contributed by atoms with E-state index in [1.165, 1.54) is 6.26 Å². The van der Waals surface area contributed by atoms with Gasteiger partial charge in [-0.25, -0.2) is 4.21 Å². The molecule has 0 saturated carbocycles. The van der Waals surface area contributed by atoms with Crippen LogP contribution in [0.3, 0.4) is 0 Å². The lowest BCUT2D eigenvalue weighted by Gasteiger charge is -1.96. The Balaban J connectivity index is 3.49. The first-order valence-corrected chi connectivity index (χ1v) is 4.60. The molecule has 1 atom stereocenters. The largest absolute Gasteiger partial charge is 0.409 e. The second kappa shape index (κ2) is 5.47. The third-order valence-corrected chi connectivity index (χ3v) is 1.81. The van der Waals surface area contributed by atoms with Crippen LogP contribution in [0.25, 0.3) is 0 Å². The van der Waals surface area contributed by atoms with Crippen LogP contribution in [0.1, 0.15) is 27.2 Å². The van der Waals surface area contributed by atoms with E-state index in [1.807, 2.05) is 20.8 Å². The molecule has 2 nitrogen and oxygen atoms in total. The lowest BCUT2D eigenvalue weighted by atomic mass is 10.4. The summed E-state index contributed by atoms with van der Waals surface area (Å²) < 4.78 is 15.6. The summed E-state index contributed by atoms with van der Waals surface area (Å²) in [5.41, 5.74) is 1.03. The van der Waals surface area contributed by atoms with E-state index < -0.39 is 11.1 Å². The molecule has 0 aromatic rings. The van der Waals surface area contributed by atoms with E-state index in [1.54, 1.807) is 0 Å². The van der Waals surface area contributed by atoms with Gasteiger partial charge in [-0.2, -0.15) is 0 Å². The lowest BCUT2D eigenvalue weighted by molar-refractivity contribution is 0.499. The number of rotatable bonds is 4. The van der Waals surface area contributed by atoms with Gasteiger partial charge in [0.15, 0.2) is 0 Å². The van der Waals surface area contributed by atoms with Gasteiger partial charge in [0.05, 0.1) is 5.75 Å². The monoisotopic (exact) mass is 162 g/mol. The molecular weight excluding hydrogens is 148 g/mol. The first-order valence-electron chi connectivity index (χ1n) is 3.35. The molecule has 0 aliphatic rings. The van der Waals surface area contributed by atoms with Crippen molar-refractivity contribution in [3.05, 3.63) is 11.8 Å². The van der Waals surface area contributed by atoms with E-state index in [-0.39, 0.29) is 0 Å². The smallest absolute Gasteiger partial charge is 0.205 e. The van der Waals surface area contributed by atoms with Crippen molar-refractivity contribution in [2.24, 2.45) is 0 Å². The van der Waals surface area contributed by atoms with Crippen molar-refractivity contribution in [3.63, 3.8) is 0 Å². The quantitative estimate of drug-likeness (QED) is 0.591. The standard InChI is InChI=1S/C7H14O2S/c1-4-5-10(8)9-6-7(2)3/h6H,4-5H2,1-3H3. The fourth-order valence-corrected chi connectivity index (χ4v) is 1.09. The molecule has 0 amide bonds. The molecule has 0 aromatic heterocycles. The van der Waals surface area contributed by atoms with Crippen LogP contribution in [0, 0.1) is 0 Å². The van der Waals surface area contributed by atoms with Crippen LogP contribution in [0.2, 0.25) is 0 Å². The second-order valence-electron chi connectivity index (χ2n) is 2.30. The predicted octanol–water partition coefficient (Wildman–Crippen LogP) is 2.00. The minimum absolute atomic E-state index is 0.615. The Morgan fingerprint density at radius 2 is 2.20 bits per heavy atom. The Morgan fingerprint density at radius 3 is 2.60 bits per heavy atom. The molecule has 10 heavy (non-hydrogen) atoms. The van der Waals surface area contributed by atoms with E-state index in [2.05, 4.69) is 0 Å². The van der Waals surface area contributed by atoms with Crippen LogP contribution >= 0.6 is 0 Å². The number of allylic oxidation sites excluding steroid dienone is 1. The van der Waals surface area contributed by atoms with E-state index in [4.69, 9.17) is 4.18 Å². The molecule has 0 heterocycles. The minimum atomic E-state index is -1.12. The summed E-state index contributed by atoms with van der Waals surface area (Å²) in [6.07, 6.45) is 2.43. The summed E-state index contributed by atoms with van der Waals surface area (Å²) in [7, 11) is 0. The zero-order valence-electron chi connectivity index (χ0n) is 6.72. The molecule has 0 spiro atoms. The molecule has 0 saturated heterocycles. The average Bonchev–Trinajstić information content (AvgIpc) is 1.85. The minimum Gasteiger partial charge on any atom is -0.409 e. The van der Waals surface area contributed by atoms with Gasteiger partial charge >= 0.3 is 0 Å². The fourth-order valence-electron chi connectivity index (χ4n) is 0.365. The van der Waals surface area contributed by atoms with Gasteiger partial charge in [0.1, 0.15) is 6.26 Å². The molecule has 0 fully saturated rings. The molecule has 1 unspecified atom stereocenters. The summed E-state index contributed by atoms with van der Waals surface area (Å²) >= 11 is -1.12. The Kier molecular flexibility index (Phi) is 5.30. The fraction of sp³-hybridized carbons (Fsp3) is 0.714. The third-order valence-electron chi connectivity index (χ3n) is 0.762. The van der Waals surface area contributed by atoms with E-state index in [0.717, 1.165) is 12.0 Å². The molecule has 0 aromatic carbocycles. The number of hydrogen-bond donors (Lipinski definition) is 0. The maximum absolute atomic E-state index is 10.8. The van der Waals surface area contributed by atoms with Gasteiger partial charge in [-0.1, -0.05) is 6.92 Å². The predicted molar refractivity (Wildman–Crippen MR) is 43.8 cm³/mol. The molecule has 0 aliphatic carbocycles. The third kappa shape index (κ3) is 5.82. The maximum atomic E-state index is 10.8. The van der Waals surface area contributed by atoms with Crippen molar-refractivity contribution >= 4 is 11.1 Å². The summed E-state index contributed by atoms with van der Waals surface area (Å²) in [5.74, 6) is 0.615. The highest BCUT2D eigenvalue weighted by Gasteiger charge is 1.93. The Bertz CT molecular complexity index is 137. The highest BCUT2D eigenvalue weighted by Crippen LogP contribution is 1.94. The Labute approximate surface area is 64.9 Å². The summed E-state index contributed by atoms with van der Waals surface area (Å²) in [5, 5.41) is 0. The van der Waals surface area contributed by atoms with Crippen LogP contribution in [-0.2, 0) is 15.3 Å². The molecule has 0 N–H and O–H groups in total. The molecular formula is C7H14O2S. The summed E-state index contributed by atoms with van der Waals surface area (Å²) in [4.78, 5) is 0. The average molecular weight is 162 g/mol. The Hall–Kier alpha value is -0.310. The SMILES string of the molecule is CCCS(=O)OC=C(C)C. The highest BCUT2D eigenvalue weighted by atomic mass is 32.2. The van der Waals surface area contributed by atoms with Crippen LogP contribution in [0.5, 0.6) is 0 Å². The first-order chi connectivity index (χ1) is 4.66. The van der Waals surface area contributed by atoms with Gasteiger partial charge in [-0.15, -0.1) is 0 Å². The van der Waals surface area contributed by atoms with Crippen molar-refractivity contribution in [2.75, 3.05) is 5.75 Å². The van der Waals surface area contributed by atoms with Crippen molar-refractivity contribution in [3.8, 4) is 0 Å². The Morgan fingerprint density at radius 1 is 1.60 bits per heavy atom. The maximum Gasteiger partial charge on any atom is 0.205 e. The molecule has 0 rings (SSSR count). The zero-order chi connectivity index (χ0) is 7.98. The zero-order valence-corrected chi connectivity index (χ0v) is 7.53. The molecule has 0 aliphatic heterocycles. The van der Waals surface area contributed by atoms with E-state index in [9.17, 15) is 4.21 Å². The van der Waals surface area contributed by atoms with Crippen molar-refractivity contribution in [1.29, 1.82) is 0 Å². The van der Waals surface area contributed by atoms with Gasteiger partial charge in [-0.3, -0.25) is 0 Å². The van der Waals surface area contributed by atoms with Gasteiger partial charge < -0.3 is 4.18 Å². The lowest BCUT2D eigenvalue weighted by Crippen LogP contribution is -1.96. The van der Waals surface area contributed by atoms with Gasteiger partial charge in [-0.05, 0) is 25.8 Å². The van der Waals surface area contributed by atoms with Gasteiger partial charge in [0.25, 0.3) is 0 Å². The topological polar surface area (TPSA) is 26.3 Å². The van der Waals surface area contributed by atoms with E-state index >= 15 is 0 Å². The van der Waals surface area contributed by atoms with Crippen molar-refractivity contribution < 1.29 is 8.39 Å². The second-order valence-corrected chi connectivity index (χ2v) is 3.51. The van der Waals surface area contributed by atoms with Crippen LogP contribution in [0.4, 0.5) is 0 Å². The molecule has 3 heteroatoms. The van der Waals surface area contributed by atoms with Crippen LogP contribution in [-0.4, -0.2) is 9.96 Å². The van der Waals surface area contributed by atoms with Crippen molar-refractivity contribution in [1.82, 2.24) is 0 Å². The molecule has 60 valence electrons. The number of hydrogen-bond acceptors (Lipinski definition) is 2. The first kappa shape index (κ1) is 9.69. The van der Waals surface area contributed by atoms with Gasteiger partial charge in [0.2, 0.25) is 11.1 Å². The van der Waals surface area contributed by atoms with Gasteiger partial charge in [0, 0.05) is 0 Å². The summed E-state index contributed by atoms with van der Waals surface area (Å²) in [6, 6.07) is 0. The summed E-state index contributed by atoms with van der Waals surface area (Å²) in [6.45, 7) is 5.79. The molecule has 0 radical (unpaired) electrons. The van der Waals surface area contributed by atoms with Crippen LogP contribution in [0.15, 0.2) is 11.8 Å². The highest BCUT2D eigenvalue weighted by molar-refractivity contribution is 7.80. The normalized spacial score (nSPS) is 12.3. The molecule has 0 bridgehead atoms. The van der Waals surface area contributed by atoms with Crippen LogP contribution < -0.4 is 0 Å². The van der Waals surface area contributed by atoms with Crippen molar-refractivity contribution in [2.45, 2.75) is 27.2 Å².